The van der Waals surface area contributed by atoms with E-state index in [0.29, 0.717) is 22.8 Å². The van der Waals surface area contributed by atoms with Gasteiger partial charge in [0.1, 0.15) is 5.75 Å². The van der Waals surface area contributed by atoms with Crippen LogP contribution in [0.3, 0.4) is 0 Å². The molecule has 4 N–H and O–H groups in total. The van der Waals surface area contributed by atoms with Crippen LogP contribution in [0, 0.1) is 167 Å². The number of rotatable bonds is 13. The van der Waals surface area contributed by atoms with E-state index in [0.717, 1.165) is 180 Å². The fourth-order valence-electron chi connectivity index (χ4n) is 26.9. The van der Waals surface area contributed by atoms with E-state index in [2.05, 4.69) is 160 Å². The summed E-state index contributed by atoms with van der Waals surface area (Å²) >= 11 is 0. The van der Waals surface area contributed by atoms with Crippen LogP contribution in [-0.2, 0) is 229 Å². The van der Waals surface area contributed by atoms with E-state index >= 15 is 0 Å². The molecule has 6 aromatic carbocycles. The molecule has 0 aromatic heterocycles. The second-order valence-electron chi connectivity index (χ2n) is 47.0. The average Bonchev–Trinajstić information content (AvgIpc) is 0.811. The maximum atomic E-state index is 13.6. The molecule has 0 unspecified atom stereocenters. The van der Waals surface area contributed by atoms with Gasteiger partial charge in [0.25, 0.3) is 0 Å². The van der Waals surface area contributed by atoms with Crippen molar-refractivity contribution >= 4 is 0 Å². The third-order valence-electron chi connectivity index (χ3n) is 37.0. The van der Waals surface area contributed by atoms with Crippen molar-refractivity contribution in [3.63, 3.8) is 0 Å². The van der Waals surface area contributed by atoms with Crippen LogP contribution in [0.25, 0.3) is 11.1 Å². The maximum Gasteiger partial charge on any atom is 0.200 e. The Balaban J connectivity index is 0.000000336. The minimum Gasteiger partial charge on any atom is -0.508 e. The summed E-state index contributed by atoms with van der Waals surface area (Å²) in [5.41, 5.74) is 6.65. The Morgan fingerprint density at radius 2 is 0.549 bits per heavy atom. The first kappa shape index (κ1) is 138. The summed E-state index contributed by atoms with van der Waals surface area (Å²) in [6.07, 6.45) is 84.0. The molecule has 0 amide bonds. The number of hydrogen-bond donors (Lipinski definition) is 4. The fraction of sp³-hybridized carbons (Fsp3) is 0.667. The number of phenolic OH excluding ortho intramolecular Hbond substituents is 3. The van der Waals surface area contributed by atoms with Gasteiger partial charge in [-0.2, -0.15) is 93.4 Å². The number of aliphatic hydroxyl groups is 1. The van der Waals surface area contributed by atoms with Gasteiger partial charge in [-0.1, -0.05) is 224 Å². The first-order valence-corrected chi connectivity index (χ1v) is 56.9. The van der Waals surface area contributed by atoms with Gasteiger partial charge in [0.15, 0.2) is 23.1 Å². The molecule has 15 heteroatoms. The molecule has 781 valence electrons. The Morgan fingerprint density at radius 3 is 0.875 bits per heavy atom. The Hall–Kier alpha value is 1.35. The first-order valence-electron chi connectivity index (χ1n) is 56.9. The van der Waals surface area contributed by atoms with E-state index < -0.39 is 34.8 Å². The standard InChI is InChI=1S/C20H27.C16H28.C15H26.C13H16F2O.C13H10F2O.C13H24O.C13H18O.C13H23.C13H17.7Y/c1-2-16-8-10-18(11-9-16)20-14-12-19(13-15-20)17-6-4-3-5-7-17;1-3-4-14-7-11-16(12-8-14)15-9-5-13(2)6-10-15;1-3-13-6-10-15(11-7-13)14-8-4-12(2)5-9-14;2*1-8-2-4-9(5-3-8)10-6-7-11(16)13(15)12(10)14;2*1-10-2-4-11(5-3-10)12-6-8-13(14)9-7-12;2*1-11-7-9-13(10-8-11)12-5-3-2-4-6-12;;;;;;;/h2,4-7,16,18-20H,1,8-15H2;3-4,13-16H,5-12H2,1-2H3;3,12-15H,1,4-11H2,2H3;6-9,16H,2-5H2,1H3;2-7,16H,1H3;10-14H,2-9H2,1H3;6-11,14H,2-5H2,1H3;2,11-13H,3-10H2,1H3;3-6,11,13H,7-10H2,1H3;;;;;;;/q-1;;;;;;;2*-1;;;;;;;/b;4-3+;;;;;;;;;;;;;;. The van der Waals surface area contributed by atoms with Crippen LogP contribution < -0.4 is 0 Å². The number of benzene rings is 6. The number of halogens is 4. The van der Waals surface area contributed by atoms with Crippen LogP contribution >= 0.6 is 0 Å². The maximum absolute atomic E-state index is 13.6. The van der Waals surface area contributed by atoms with Crippen molar-refractivity contribution in [1.29, 1.82) is 0 Å². The Labute approximate surface area is 1050 Å². The predicted octanol–water partition coefficient (Wildman–Crippen LogP) is 38.4. The molecular formula is C129H189F4O4Y7-3. The fourth-order valence-corrected chi connectivity index (χ4v) is 26.9. The summed E-state index contributed by atoms with van der Waals surface area (Å²) in [6.45, 7) is 28.5. The largest absolute Gasteiger partial charge is 0.508 e. The molecule has 0 atom stereocenters. The monoisotopic (exact) mass is 2500 g/mol. The topological polar surface area (TPSA) is 80.9 Å². The van der Waals surface area contributed by atoms with Crippen molar-refractivity contribution in [2.24, 2.45) is 118 Å². The summed E-state index contributed by atoms with van der Waals surface area (Å²) in [5.74, 6) is 16.9. The van der Waals surface area contributed by atoms with Crippen LogP contribution in [-0.4, -0.2) is 26.5 Å². The van der Waals surface area contributed by atoms with Gasteiger partial charge in [-0.05, 0) is 421 Å². The number of aromatic hydroxyl groups is 3. The summed E-state index contributed by atoms with van der Waals surface area (Å²) in [6, 6.07) is 43.4. The first-order chi connectivity index (χ1) is 66.4. The van der Waals surface area contributed by atoms with E-state index in [1.54, 1.807) is 24.3 Å². The molecule has 0 bridgehead atoms. The molecule has 4 nitrogen and oxygen atoms in total. The Morgan fingerprint density at radius 1 is 0.285 bits per heavy atom. The number of hydrogen-bond acceptors (Lipinski definition) is 4. The van der Waals surface area contributed by atoms with Gasteiger partial charge < -0.3 is 26.8 Å². The van der Waals surface area contributed by atoms with Gasteiger partial charge in [-0.25, -0.2) is 8.78 Å². The third kappa shape index (κ3) is 47.9. The van der Waals surface area contributed by atoms with Crippen LogP contribution in [0.15, 0.2) is 159 Å². The molecule has 0 spiro atoms. The second kappa shape index (κ2) is 76.2. The van der Waals surface area contributed by atoms with Crippen LogP contribution in [0.4, 0.5) is 17.6 Å². The smallest absolute Gasteiger partial charge is 0.200 e. The van der Waals surface area contributed by atoms with E-state index in [4.69, 9.17) is 10.2 Å². The summed E-state index contributed by atoms with van der Waals surface area (Å²) in [5, 5.41) is 36.7. The molecule has 0 aliphatic heterocycles. The van der Waals surface area contributed by atoms with Crippen molar-refractivity contribution in [2.45, 2.75) is 426 Å². The Bertz CT molecular complexity index is 4270. The normalized spacial score (nSPS) is 30.9. The van der Waals surface area contributed by atoms with Crippen molar-refractivity contribution in [3.05, 3.63) is 228 Å². The Kier molecular flexibility index (Phi) is 72.8. The summed E-state index contributed by atoms with van der Waals surface area (Å²) < 4.78 is 53.5. The molecule has 144 heavy (non-hydrogen) atoms. The van der Waals surface area contributed by atoms with Gasteiger partial charge in [0.2, 0.25) is 11.6 Å². The molecule has 0 heterocycles. The predicted molar refractivity (Wildman–Crippen MR) is 571 cm³/mol. The zero-order valence-corrected chi connectivity index (χ0v) is 111. The van der Waals surface area contributed by atoms with Gasteiger partial charge in [0.05, 0.1) is 6.10 Å². The summed E-state index contributed by atoms with van der Waals surface area (Å²) in [7, 11) is 0. The quantitative estimate of drug-likeness (QED) is 0.0528. The zero-order chi connectivity index (χ0) is 97.4. The van der Waals surface area contributed by atoms with Gasteiger partial charge in [-0.3, -0.25) is 0 Å². The second-order valence-corrected chi connectivity index (χ2v) is 47.0. The van der Waals surface area contributed by atoms with Crippen LogP contribution in [0.2, 0.25) is 0 Å². The SMILES string of the molecule is C/C=C/C1CCC(C2CCC(C)CC2)CC1.C=CC1CCC(C2CCC(C)CC2)CC1.C=CC1CCC(C2CCC(c3cc[c-]cc3)CC2)CC1.CC1CCC(C2CCC(O)CC2)CC1.CC1CCC(C2CC[CH-]CC2)CC1.CC1CCC(c2cc[c-]cc2)CC1.CC1CCC(c2ccc(O)c(F)c2F)CC1.CC1CCC(c2ccc(O)cc2)CC1.Cc1ccc(-c2ccc(O)c(F)c2F)cc1.[Y].[Y].[Y].[Y].[Y].[Y].[Y]. The molecule has 0 saturated heterocycles. The van der Waals surface area contributed by atoms with Crippen molar-refractivity contribution in [3.8, 4) is 28.4 Å². The number of allylic oxidation sites excluding steroid dienone is 4. The minimum absolute atomic E-state index is 0. The molecule has 6 aromatic rings. The van der Waals surface area contributed by atoms with E-state index in [-0.39, 0.29) is 247 Å². The zero-order valence-electron chi connectivity index (χ0n) is 91.4. The molecule has 13 aliphatic carbocycles. The van der Waals surface area contributed by atoms with Crippen LogP contribution in [0.1, 0.15) is 441 Å². The minimum atomic E-state index is -1.21. The summed E-state index contributed by atoms with van der Waals surface area (Å²) in [4.78, 5) is 0. The molecule has 13 fully saturated rings. The molecular weight excluding hydrogens is 2310 g/mol. The number of aryl methyl sites for hydroxylation is 1. The van der Waals surface area contributed by atoms with E-state index in [9.17, 15) is 27.8 Å². The van der Waals surface area contributed by atoms with Gasteiger partial charge >= 0.3 is 0 Å². The van der Waals surface area contributed by atoms with Crippen LogP contribution in [0.5, 0.6) is 17.2 Å². The molecule has 7 radical (unpaired) electrons. The molecule has 13 aliphatic rings. The number of aliphatic hydroxyl groups excluding tert-OH is 1. The third-order valence-corrected chi connectivity index (χ3v) is 37.0. The van der Waals surface area contributed by atoms with E-state index in [1.165, 1.54) is 330 Å². The van der Waals surface area contributed by atoms with Crippen molar-refractivity contribution < 1.29 is 267 Å². The van der Waals surface area contributed by atoms with Gasteiger partial charge in [0, 0.05) is 235 Å². The molecule has 13 saturated carbocycles. The van der Waals surface area contributed by atoms with Crippen molar-refractivity contribution in [2.75, 3.05) is 0 Å². The van der Waals surface area contributed by atoms with Gasteiger partial charge in [-0.15, -0.1) is 13.2 Å². The van der Waals surface area contributed by atoms with Crippen molar-refractivity contribution in [1.82, 2.24) is 0 Å². The molecule has 19 rings (SSSR count). The van der Waals surface area contributed by atoms with E-state index in [1.807, 2.05) is 31.2 Å². The number of phenols is 3. The average molecular weight is 2500 g/mol.